The lowest BCUT2D eigenvalue weighted by molar-refractivity contribution is -0.142. The van der Waals surface area contributed by atoms with E-state index in [-0.39, 0.29) is 11.9 Å². The Morgan fingerprint density at radius 3 is 2.60 bits per heavy atom. The number of nitrogens with two attached hydrogens (primary N) is 1. The van der Waals surface area contributed by atoms with Crippen LogP contribution in [0.2, 0.25) is 0 Å². The normalized spacial score (nSPS) is 26.8. The Hall–Kier alpha value is -0.610. The van der Waals surface area contributed by atoms with Gasteiger partial charge in [0, 0.05) is 19.7 Å². The molecule has 0 aromatic heterocycles. The van der Waals surface area contributed by atoms with E-state index in [2.05, 4.69) is 20.8 Å². The number of methoxy groups -OCH3 is 1. The standard InChI is InChI=1S/C16H32N2O2/c1-5-14(6-2)18(10-11-20-4)15(19)16(17)9-7-8-13(3)12-16/h13-14H,5-12,17H2,1-4H3. The van der Waals surface area contributed by atoms with Crippen molar-refractivity contribution in [3.63, 3.8) is 0 Å². The monoisotopic (exact) mass is 284 g/mol. The van der Waals surface area contributed by atoms with E-state index >= 15 is 0 Å². The first kappa shape index (κ1) is 17.4. The van der Waals surface area contributed by atoms with E-state index in [4.69, 9.17) is 10.5 Å². The Kier molecular flexibility index (Phi) is 6.96. The largest absolute Gasteiger partial charge is 0.383 e. The van der Waals surface area contributed by atoms with Crippen LogP contribution in [-0.4, -0.2) is 42.6 Å². The molecule has 1 amide bonds. The fraction of sp³-hybridized carbons (Fsp3) is 0.938. The van der Waals surface area contributed by atoms with E-state index in [1.54, 1.807) is 7.11 Å². The second-order valence-electron chi connectivity index (χ2n) is 6.32. The summed E-state index contributed by atoms with van der Waals surface area (Å²) in [7, 11) is 1.68. The molecule has 0 aromatic rings. The van der Waals surface area contributed by atoms with Gasteiger partial charge in [0.05, 0.1) is 12.1 Å². The lowest BCUT2D eigenvalue weighted by Gasteiger charge is -2.41. The summed E-state index contributed by atoms with van der Waals surface area (Å²) >= 11 is 0. The van der Waals surface area contributed by atoms with E-state index in [0.717, 1.165) is 32.1 Å². The second-order valence-corrected chi connectivity index (χ2v) is 6.32. The molecule has 4 heteroatoms. The highest BCUT2D eigenvalue weighted by Gasteiger charge is 2.41. The zero-order valence-corrected chi connectivity index (χ0v) is 13.7. The Morgan fingerprint density at radius 2 is 2.10 bits per heavy atom. The fourth-order valence-electron chi connectivity index (χ4n) is 3.44. The van der Waals surface area contributed by atoms with Crippen LogP contribution in [0.5, 0.6) is 0 Å². The van der Waals surface area contributed by atoms with Crippen molar-refractivity contribution in [3.8, 4) is 0 Å². The van der Waals surface area contributed by atoms with Crippen LogP contribution in [0, 0.1) is 5.92 Å². The average molecular weight is 284 g/mol. The Morgan fingerprint density at radius 1 is 1.45 bits per heavy atom. The van der Waals surface area contributed by atoms with Crippen molar-refractivity contribution in [2.75, 3.05) is 20.3 Å². The summed E-state index contributed by atoms with van der Waals surface area (Å²) in [6, 6.07) is 0.273. The summed E-state index contributed by atoms with van der Waals surface area (Å²) in [5.41, 5.74) is 5.82. The van der Waals surface area contributed by atoms with Crippen LogP contribution < -0.4 is 5.73 Å². The molecule has 1 rings (SSSR count). The summed E-state index contributed by atoms with van der Waals surface area (Å²) < 4.78 is 5.17. The third kappa shape index (κ3) is 4.19. The third-order valence-electron chi connectivity index (χ3n) is 4.64. The maximum Gasteiger partial charge on any atom is 0.242 e. The van der Waals surface area contributed by atoms with E-state index in [1.165, 1.54) is 6.42 Å². The van der Waals surface area contributed by atoms with Crippen molar-refractivity contribution in [1.82, 2.24) is 4.90 Å². The number of carbonyl (C=O) groups excluding carboxylic acids is 1. The summed E-state index contributed by atoms with van der Waals surface area (Å²) in [5, 5.41) is 0. The quantitative estimate of drug-likeness (QED) is 0.781. The van der Waals surface area contributed by atoms with Crippen LogP contribution in [0.3, 0.4) is 0 Å². The highest BCUT2D eigenvalue weighted by molar-refractivity contribution is 5.86. The van der Waals surface area contributed by atoms with Gasteiger partial charge in [0.25, 0.3) is 0 Å². The number of rotatable bonds is 7. The first-order valence-electron chi connectivity index (χ1n) is 8.07. The predicted molar refractivity (Wildman–Crippen MR) is 82.5 cm³/mol. The topological polar surface area (TPSA) is 55.6 Å². The van der Waals surface area contributed by atoms with E-state index < -0.39 is 5.54 Å². The number of nitrogens with zero attached hydrogens (tertiary/aromatic N) is 1. The van der Waals surface area contributed by atoms with Gasteiger partial charge in [-0.3, -0.25) is 4.79 Å². The molecule has 118 valence electrons. The SMILES string of the molecule is CCC(CC)N(CCOC)C(=O)C1(N)CCCC(C)C1. The lowest BCUT2D eigenvalue weighted by atomic mass is 9.76. The van der Waals surface area contributed by atoms with Crippen LogP contribution in [-0.2, 0) is 9.53 Å². The number of hydrogen-bond donors (Lipinski definition) is 1. The molecule has 0 spiro atoms. The Labute approximate surface area is 124 Å². The fourth-order valence-corrected chi connectivity index (χ4v) is 3.44. The summed E-state index contributed by atoms with van der Waals surface area (Å²) in [6.45, 7) is 7.69. The van der Waals surface area contributed by atoms with E-state index in [1.807, 2.05) is 4.90 Å². The minimum absolute atomic E-state index is 0.134. The first-order valence-corrected chi connectivity index (χ1v) is 8.07. The van der Waals surface area contributed by atoms with Crippen molar-refractivity contribution in [1.29, 1.82) is 0 Å². The molecule has 0 radical (unpaired) electrons. The van der Waals surface area contributed by atoms with Crippen LogP contribution in [0.15, 0.2) is 0 Å². The van der Waals surface area contributed by atoms with Crippen molar-refractivity contribution in [2.45, 2.75) is 70.9 Å². The zero-order valence-electron chi connectivity index (χ0n) is 13.7. The molecule has 2 N–H and O–H groups in total. The number of hydrogen-bond acceptors (Lipinski definition) is 3. The molecule has 0 aromatic carbocycles. The highest BCUT2D eigenvalue weighted by Crippen LogP contribution is 2.32. The van der Waals surface area contributed by atoms with Gasteiger partial charge in [-0.2, -0.15) is 0 Å². The summed E-state index contributed by atoms with van der Waals surface area (Å²) in [5.74, 6) is 0.679. The predicted octanol–water partition coefficient (Wildman–Crippen LogP) is 2.56. The first-order chi connectivity index (χ1) is 9.48. The molecule has 4 nitrogen and oxygen atoms in total. The molecule has 0 saturated heterocycles. The Bertz CT molecular complexity index is 305. The molecule has 2 unspecified atom stereocenters. The van der Waals surface area contributed by atoms with Gasteiger partial charge < -0.3 is 15.4 Å². The van der Waals surface area contributed by atoms with Crippen LogP contribution in [0.1, 0.15) is 59.3 Å². The molecule has 2 atom stereocenters. The van der Waals surface area contributed by atoms with Gasteiger partial charge >= 0.3 is 0 Å². The molecule has 0 heterocycles. The average Bonchev–Trinajstić information content (AvgIpc) is 2.42. The molecule has 0 bridgehead atoms. The zero-order chi connectivity index (χ0) is 15.2. The van der Waals surface area contributed by atoms with Gasteiger partial charge in [0.2, 0.25) is 5.91 Å². The molecule has 1 aliphatic rings. The van der Waals surface area contributed by atoms with E-state index in [0.29, 0.717) is 19.1 Å². The van der Waals surface area contributed by atoms with Gasteiger partial charge in [-0.25, -0.2) is 0 Å². The van der Waals surface area contributed by atoms with Gasteiger partial charge in [0.15, 0.2) is 0 Å². The van der Waals surface area contributed by atoms with Crippen molar-refractivity contribution in [2.24, 2.45) is 11.7 Å². The van der Waals surface area contributed by atoms with Crippen molar-refractivity contribution >= 4 is 5.91 Å². The smallest absolute Gasteiger partial charge is 0.242 e. The van der Waals surface area contributed by atoms with Crippen molar-refractivity contribution in [3.05, 3.63) is 0 Å². The molecule has 0 aliphatic heterocycles. The Balaban J connectivity index is 2.84. The van der Waals surface area contributed by atoms with Crippen molar-refractivity contribution < 1.29 is 9.53 Å². The maximum absolute atomic E-state index is 13.0. The van der Waals surface area contributed by atoms with Gasteiger partial charge in [-0.1, -0.05) is 33.6 Å². The van der Waals surface area contributed by atoms with Crippen LogP contribution in [0.25, 0.3) is 0 Å². The number of carbonyl (C=O) groups is 1. The molecule has 1 saturated carbocycles. The second kappa shape index (κ2) is 7.99. The molecular weight excluding hydrogens is 252 g/mol. The molecule has 1 fully saturated rings. The summed E-state index contributed by atoms with van der Waals surface area (Å²) in [4.78, 5) is 14.9. The number of ether oxygens (including phenoxy) is 1. The minimum Gasteiger partial charge on any atom is -0.383 e. The van der Waals surface area contributed by atoms with Gasteiger partial charge in [0.1, 0.15) is 0 Å². The molecule has 20 heavy (non-hydrogen) atoms. The van der Waals surface area contributed by atoms with E-state index in [9.17, 15) is 4.79 Å². The molecular formula is C16H32N2O2. The maximum atomic E-state index is 13.0. The lowest BCUT2D eigenvalue weighted by Crippen LogP contribution is -2.59. The number of amides is 1. The van der Waals surface area contributed by atoms with Crippen LogP contribution >= 0.6 is 0 Å². The third-order valence-corrected chi connectivity index (χ3v) is 4.64. The highest BCUT2D eigenvalue weighted by atomic mass is 16.5. The van der Waals surface area contributed by atoms with Gasteiger partial charge in [-0.15, -0.1) is 0 Å². The molecule has 1 aliphatic carbocycles. The van der Waals surface area contributed by atoms with Gasteiger partial charge in [-0.05, 0) is 31.6 Å². The minimum atomic E-state index is -0.659. The van der Waals surface area contributed by atoms with Crippen LogP contribution in [0.4, 0.5) is 0 Å². The summed E-state index contributed by atoms with van der Waals surface area (Å²) in [6.07, 6.45) is 5.82.